The molecule has 0 bridgehead atoms. The van der Waals surface area contributed by atoms with Crippen LogP contribution in [0.1, 0.15) is 49.8 Å². The number of benzene rings is 3. The predicted octanol–water partition coefficient (Wildman–Crippen LogP) is 6.67. The fourth-order valence-corrected chi connectivity index (χ4v) is 7.77. The molecule has 1 N–H and O–H groups in total. The Labute approximate surface area is 235 Å². The van der Waals surface area contributed by atoms with Crippen LogP contribution in [0, 0.1) is 5.92 Å². The predicted molar refractivity (Wildman–Crippen MR) is 156 cm³/mol. The first kappa shape index (κ1) is 26.4. The van der Waals surface area contributed by atoms with Gasteiger partial charge in [-0.15, -0.1) is 0 Å². The summed E-state index contributed by atoms with van der Waals surface area (Å²) >= 11 is 0. The number of hydrogen-bond donors (Lipinski definition) is 1. The van der Waals surface area contributed by atoms with Crippen molar-refractivity contribution < 1.29 is 17.9 Å². The maximum absolute atomic E-state index is 14.2. The molecule has 4 aromatic rings. The molecule has 1 heterocycles. The smallest absolute Gasteiger partial charge is 0.347 e. The quantitative estimate of drug-likeness (QED) is 0.249. The number of anilines is 1. The summed E-state index contributed by atoms with van der Waals surface area (Å²) < 4.78 is 35.7. The van der Waals surface area contributed by atoms with Crippen LogP contribution in [-0.4, -0.2) is 20.1 Å². The van der Waals surface area contributed by atoms with Crippen LogP contribution >= 0.6 is 0 Å². The molecule has 6 nitrogen and oxygen atoms in total. The van der Waals surface area contributed by atoms with Crippen molar-refractivity contribution in [2.45, 2.75) is 55.3 Å². The van der Waals surface area contributed by atoms with Crippen LogP contribution in [-0.2, 0) is 21.9 Å². The fourth-order valence-electron chi connectivity index (χ4n) is 6.03. The molecule has 2 saturated carbocycles. The van der Waals surface area contributed by atoms with Gasteiger partial charge in [-0.1, -0.05) is 79.6 Å². The van der Waals surface area contributed by atoms with Crippen LogP contribution in [0.15, 0.2) is 105 Å². The highest BCUT2D eigenvalue weighted by Gasteiger charge is 2.40. The molecule has 2 fully saturated rings. The van der Waals surface area contributed by atoms with Gasteiger partial charge in [0.2, 0.25) is 0 Å². The molecule has 0 atom stereocenters. The zero-order chi connectivity index (χ0) is 27.7. The average Bonchev–Trinajstić information content (AvgIpc) is 3.67. The summed E-state index contributed by atoms with van der Waals surface area (Å²) in [5.74, 6) is 0.494. The molecular weight excluding hydrogens is 522 g/mol. The second kappa shape index (κ2) is 10.6. The van der Waals surface area contributed by atoms with Crippen molar-refractivity contribution in [3.63, 3.8) is 0 Å². The van der Waals surface area contributed by atoms with E-state index in [4.69, 9.17) is 4.42 Å². The lowest BCUT2D eigenvalue weighted by molar-refractivity contribution is 0.311. The van der Waals surface area contributed by atoms with Crippen molar-refractivity contribution in [1.29, 1.82) is 0 Å². The van der Waals surface area contributed by atoms with Crippen molar-refractivity contribution in [3.05, 3.63) is 113 Å². The van der Waals surface area contributed by atoms with E-state index in [2.05, 4.69) is 12.1 Å². The molecule has 206 valence electrons. The Morgan fingerprint density at radius 3 is 2.15 bits per heavy atom. The lowest BCUT2D eigenvalue weighted by Crippen LogP contribution is -2.33. The SMILES string of the molecule is O=c1oc(C2(Cc3ccccc3)CCCC2)cc(O)c1-c1ccccc1S(=O)(=O)N(CC1CC1)c1ccccc1. The maximum atomic E-state index is 14.2. The number of rotatable bonds is 9. The summed E-state index contributed by atoms with van der Waals surface area (Å²) in [5.41, 5.74) is 0.598. The highest BCUT2D eigenvalue weighted by Crippen LogP contribution is 2.45. The molecule has 1 aromatic heterocycles. The summed E-state index contributed by atoms with van der Waals surface area (Å²) in [6.45, 7) is 0.363. The van der Waals surface area contributed by atoms with E-state index in [0.717, 1.165) is 44.1 Å². The van der Waals surface area contributed by atoms with Gasteiger partial charge in [-0.2, -0.15) is 0 Å². The van der Waals surface area contributed by atoms with E-state index in [1.54, 1.807) is 30.3 Å². The summed E-state index contributed by atoms with van der Waals surface area (Å²) in [5, 5.41) is 11.3. The van der Waals surface area contributed by atoms with E-state index < -0.39 is 21.1 Å². The minimum absolute atomic E-state index is 0.0327. The number of para-hydroxylation sites is 1. The molecule has 2 aliphatic rings. The van der Waals surface area contributed by atoms with Crippen molar-refractivity contribution in [2.75, 3.05) is 10.8 Å². The molecular formula is C33H33NO5S. The first-order chi connectivity index (χ1) is 19.4. The van der Waals surface area contributed by atoms with Crippen LogP contribution < -0.4 is 9.93 Å². The molecule has 0 radical (unpaired) electrons. The van der Waals surface area contributed by atoms with Crippen molar-refractivity contribution in [2.24, 2.45) is 5.92 Å². The second-order valence-electron chi connectivity index (χ2n) is 11.1. The maximum Gasteiger partial charge on any atom is 0.347 e. The monoisotopic (exact) mass is 555 g/mol. The first-order valence-corrected chi connectivity index (χ1v) is 15.4. The topological polar surface area (TPSA) is 87.8 Å². The molecule has 40 heavy (non-hydrogen) atoms. The third-order valence-electron chi connectivity index (χ3n) is 8.29. The summed E-state index contributed by atoms with van der Waals surface area (Å²) in [6.07, 6.45) is 6.39. The third kappa shape index (κ3) is 5.06. The molecule has 7 heteroatoms. The molecule has 6 rings (SSSR count). The van der Waals surface area contributed by atoms with Gasteiger partial charge in [0.1, 0.15) is 17.1 Å². The van der Waals surface area contributed by atoms with Crippen LogP contribution in [0.25, 0.3) is 11.1 Å². The van der Waals surface area contributed by atoms with Gasteiger partial charge in [0.25, 0.3) is 10.0 Å². The highest BCUT2D eigenvalue weighted by molar-refractivity contribution is 7.93. The van der Waals surface area contributed by atoms with Crippen LogP contribution in [0.4, 0.5) is 5.69 Å². The van der Waals surface area contributed by atoms with Gasteiger partial charge in [0.05, 0.1) is 10.6 Å². The van der Waals surface area contributed by atoms with E-state index in [1.807, 2.05) is 36.4 Å². The standard InChI is InChI=1S/C33H33NO5S/c35-28-21-30(33(19-9-10-20-33)22-24-11-3-1-4-12-24)39-32(36)31(28)27-15-7-8-16-29(27)40(37,38)34(23-25-17-18-25)26-13-5-2-6-14-26/h1-8,11-16,21,25,35H,9-10,17-20,22-23H2. The number of aromatic hydroxyl groups is 1. The van der Waals surface area contributed by atoms with E-state index in [9.17, 15) is 18.3 Å². The molecule has 0 aliphatic heterocycles. The van der Waals surface area contributed by atoms with E-state index in [-0.39, 0.29) is 21.8 Å². The lowest BCUT2D eigenvalue weighted by atomic mass is 9.77. The van der Waals surface area contributed by atoms with Crippen molar-refractivity contribution in [1.82, 2.24) is 0 Å². The Hall–Kier alpha value is -3.84. The Kier molecular flexibility index (Phi) is 7.00. The van der Waals surface area contributed by atoms with Gasteiger partial charge in [-0.3, -0.25) is 4.31 Å². The van der Waals surface area contributed by atoms with E-state index in [1.165, 1.54) is 16.4 Å². The number of nitrogens with zero attached hydrogens (tertiary/aromatic N) is 1. The summed E-state index contributed by atoms with van der Waals surface area (Å²) in [7, 11) is -4.06. The Morgan fingerprint density at radius 2 is 1.50 bits per heavy atom. The van der Waals surface area contributed by atoms with Crippen LogP contribution in [0.2, 0.25) is 0 Å². The Balaban J connectivity index is 1.43. The zero-order valence-corrected chi connectivity index (χ0v) is 23.1. The fraction of sp³-hybridized carbons (Fsp3) is 0.303. The van der Waals surface area contributed by atoms with E-state index >= 15 is 0 Å². The average molecular weight is 556 g/mol. The van der Waals surface area contributed by atoms with E-state index in [0.29, 0.717) is 30.3 Å². The van der Waals surface area contributed by atoms with Gasteiger partial charge in [0, 0.05) is 23.6 Å². The normalized spacial score (nSPS) is 16.6. The molecule has 2 aliphatic carbocycles. The minimum atomic E-state index is -4.06. The molecule has 0 saturated heterocycles. The van der Waals surface area contributed by atoms with Crippen LogP contribution in [0.3, 0.4) is 0 Å². The summed E-state index contributed by atoms with van der Waals surface area (Å²) in [6, 6.07) is 27.0. The van der Waals surface area contributed by atoms with Gasteiger partial charge in [-0.05, 0) is 61.8 Å². The second-order valence-corrected chi connectivity index (χ2v) is 13.0. The van der Waals surface area contributed by atoms with Crippen LogP contribution in [0.5, 0.6) is 5.75 Å². The van der Waals surface area contributed by atoms with Crippen molar-refractivity contribution >= 4 is 15.7 Å². The minimum Gasteiger partial charge on any atom is -0.507 e. The Morgan fingerprint density at radius 1 is 0.875 bits per heavy atom. The number of sulfonamides is 1. The molecule has 0 amide bonds. The summed E-state index contributed by atoms with van der Waals surface area (Å²) in [4.78, 5) is 13.6. The van der Waals surface area contributed by atoms with Gasteiger partial charge < -0.3 is 9.52 Å². The molecule has 0 spiro atoms. The number of hydrogen-bond acceptors (Lipinski definition) is 5. The van der Waals surface area contributed by atoms with Gasteiger partial charge in [0.15, 0.2) is 0 Å². The Bertz CT molecular complexity index is 1650. The molecule has 0 unspecified atom stereocenters. The van der Waals surface area contributed by atoms with Crippen molar-refractivity contribution in [3.8, 4) is 16.9 Å². The third-order valence-corrected chi connectivity index (χ3v) is 10.1. The highest BCUT2D eigenvalue weighted by atomic mass is 32.2. The largest absolute Gasteiger partial charge is 0.507 e. The van der Waals surface area contributed by atoms with Gasteiger partial charge in [-0.25, -0.2) is 13.2 Å². The lowest BCUT2D eigenvalue weighted by Gasteiger charge is -2.28. The zero-order valence-electron chi connectivity index (χ0n) is 22.3. The first-order valence-electron chi connectivity index (χ1n) is 14.0. The molecule has 3 aromatic carbocycles. The van der Waals surface area contributed by atoms with Gasteiger partial charge >= 0.3 is 5.63 Å².